The van der Waals surface area contributed by atoms with Crippen LogP contribution in [0.2, 0.25) is 5.02 Å². The van der Waals surface area contributed by atoms with Gasteiger partial charge in [0.25, 0.3) is 0 Å². The first-order chi connectivity index (χ1) is 13.6. The molecule has 28 heavy (non-hydrogen) atoms. The second kappa shape index (κ2) is 9.34. The number of hydrogen-bond acceptors (Lipinski definition) is 8. The maximum atomic E-state index is 12.3. The molecule has 0 radical (unpaired) electrons. The quantitative estimate of drug-likeness (QED) is 0.223. The Bertz CT molecular complexity index is 990. The molecule has 0 aliphatic rings. The molecular weight excluding hydrogens is 400 g/mol. The van der Waals surface area contributed by atoms with Crippen LogP contribution >= 0.6 is 23.4 Å². The number of carbonyl (C=O) groups excluding carboxylic acids is 1. The lowest BCUT2D eigenvalue weighted by atomic mass is 10.2. The van der Waals surface area contributed by atoms with Crippen LogP contribution in [0.3, 0.4) is 0 Å². The van der Waals surface area contributed by atoms with Crippen LogP contribution in [0.25, 0.3) is 5.69 Å². The van der Waals surface area contributed by atoms with Gasteiger partial charge >= 0.3 is 5.97 Å². The molecule has 3 rings (SSSR count). The monoisotopic (exact) mass is 416 g/mol. The zero-order valence-electron chi connectivity index (χ0n) is 15.2. The lowest BCUT2D eigenvalue weighted by molar-refractivity contribution is -0.134. The fourth-order valence-corrected chi connectivity index (χ4v) is 3.03. The molecule has 1 N–H and O–H groups in total. The van der Waals surface area contributed by atoms with Crippen molar-refractivity contribution in [2.24, 2.45) is 5.10 Å². The maximum absolute atomic E-state index is 12.3. The second-order valence-corrected chi connectivity index (χ2v) is 6.90. The zero-order valence-corrected chi connectivity index (χ0v) is 16.7. The van der Waals surface area contributed by atoms with Gasteiger partial charge in [-0.1, -0.05) is 41.4 Å². The van der Waals surface area contributed by atoms with Gasteiger partial charge in [-0.05, 0) is 60.3 Å². The molecule has 0 aliphatic heterocycles. The van der Waals surface area contributed by atoms with Crippen LogP contribution in [-0.2, 0) is 9.53 Å². The van der Waals surface area contributed by atoms with Crippen molar-refractivity contribution < 1.29 is 9.53 Å². The number of halogens is 1. The smallest absolute Gasteiger partial charge is 0.365 e. The maximum Gasteiger partial charge on any atom is 0.365 e. The van der Waals surface area contributed by atoms with Gasteiger partial charge in [0.15, 0.2) is 0 Å². The fourth-order valence-electron chi connectivity index (χ4n) is 2.14. The molecule has 0 saturated heterocycles. The summed E-state index contributed by atoms with van der Waals surface area (Å²) in [5.74, 6) is -0.592. The highest BCUT2D eigenvalue weighted by Gasteiger charge is 2.20. The Labute approximate surface area is 170 Å². The molecule has 0 amide bonds. The van der Waals surface area contributed by atoms with Crippen molar-refractivity contribution in [1.29, 1.82) is 0 Å². The first-order valence-electron chi connectivity index (χ1n) is 8.37. The van der Waals surface area contributed by atoms with E-state index in [-0.39, 0.29) is 11.7 Å². The van der Waals surface area contributed by atoms with Gasteiger partial charge in [0, 0.05) is 0 Å². The van der Waals surface area contributed by atoms with Crippen molar-refractivity contribution in [3.63, 3.8) is 0 Å². The number of carbonyl (C=O) groups is 1. The van der Waals surface area contributed by atoms with Gasteiger partial charge in [0.05, 0.1) is 23.0 Å². The molecule has 0 spiro atoms. The highest BCUT2D eigenvalue weighted by molar-refractivity contribution is 8.15. The second-order valence-electron chi connectivity index (χ2n) is 5.54. The van der Waals surface area contributed by atoms with Crippen molar-refractivity contribution >= 4 is 40.1 Å². The Kier molecular flexibility index (Phi) is 6.62. The predicted octanol–water partition coefficient (Wildman–Crippen LogP) is 3.70. The number of thioether (sulfide) groups is 1. The van der Waals surface area contributed by atoms with Gasteiger partial charge in [-0.15, -0.1) is 5.10 Å². The average molecular weight is 417 g/mol. The summed E-state index contributed by atoms with van der Waals surface area (Å²) in [5, 5.41) is 16.7. The van der Waals surface area contributed by atoms with Crippen LogP contribution in [0.5, 0.6) is 0 Å². The number of nitrogens with one attached hydrogen (secondary N) is 1. The minimum atomic E-state index is -0.592. The van der Waals surface area contributed by atoms with Gasteiger partial charge in [-0.2, -0.15) is 9.78 Å². The summed E-state index contributed by atoms with van der Waals surface area (Å²) >= 11 is 7.11. The highest BCUT2D eigenvalue weighted by Crippen LogP contribution is 2.23. The summed E-state index contributed by atoms with van der Waals surface area (Å²) < 4.78 is 6.61. The van der Waals surface area contributed by atoms with Crippen molar-refractivity contribution in [2.75, 3.05) is 12.0 Å². The summed E-state index contributed by atoms with van der Waals surface area (Å²) in [6.07, 6.45) is 0. The van der Waals surface area contributed by atoms with E-state index in [9.17, 15) is 4.79 Å². The minimum Gasteiger partial charge on any atom is -0.461 e. The molecule has 0 saturated carbocycles. The van der Waals surface area contributed by atoms with Crippen LogP contribution < -0.4 is 5.43 Å². The number of hydrazone groups is 1. The van der Waals surface area contributed by atoms with Crippen LogP contribution in [-0.4, -0.2) is 37.8 Å². The molecule has 0 aliphatic carbocycles. The van der Waals surface area contributed by atoms with E-state index in [2.05, 4.69) is 26.1 Å². The number of hydrogen-bond donors (Lipinski definition) is 1. The van der Waals surface area contributed by atoms with Crippen LogP contribution in [0.4, 0.5) is 5.69 Å². The van der Waals surface area contributed by atoms with Gasteiger partial charge < -0.3 is 4.74 Å². The third-order valence-electron chi connectivity index (χ3n) is 3.51. The molecule has 3 aromatic rings. The van der Waals surface area contributed by atoms with Crippen LogP contribution in [0.15, 0.2) is 58.8 Å². The standard InChI is InChI=1S/C18H17ClN6O2S/c1-3-27-17(26)16(21-20-15-7-5-4-6-14(15)19)28-18-22-23-24-25(18)13-10-8-12(2)9-11-13/h4-11,20H,3H2,1-2H3/b21-16-. The molecule has 1 heterocycles. The predicted molar refractivity (Wildman–Crippen MR) is 109 cm³/mol. The van der Waals surface area contributed by atoms with Crippen molar-refractivity contribution in [1.82, 2.24) is 20.2 Å². The number of nitrogens with zero attached hydrogens (tertiary/aromatic N) is 5. The molecule has 0 atom stereocenters. The number of tetrazole rings is 1. The number of rotatable bonds is 5. The number of esters is 1. The van der Waals surface area contributed by atoms with Crippen molar-refractivity contribution in [3.8, 4) is 5.69 Å². The lowest BCUT2D eigenvalue weighted by Crippen LogP contribution is -2.17. The van der Waals surface area contributed by atoms with Gasteiger partial charge in [0.1, 0.15) is 0 Å². The SMILES string of the molecule is CCOC(=O)/C(=N/Nc1ccccc1Cl)Sc1nnnn1-c1ccc(C)cc1. The van der Waals surface area contributed by atoms with Crippen molar-refractivity contribution in [3.05, 3.63) is 59.1 Å². The van der Waals surface area contributed by atoms with E-state index in [1.54, 1.807) is 31.2 Å². The molecular formula is C18H17ClN6O2S. The summed E-state index contributed by atoms with van der Waals surface area (Å²) in [5.41, 5.74) is 5.23. The minimum absolute atomic E-state index is 0.0462. The summed E-state index contributed by atoms with van der Waals surface area (Å²) in [7, 11) is 0. The lowest BCUT2D eigenvalue weighted by Gasteiger charge is -2.08. The molecule has 10 heteroatoms. The third-order valence-corrected chi connectivity index (χ3v) is 4.73. The van der Waals surface area contributed by atoms with E-state index in [0.717, 1.165) is 23.0 Å². The fraction of sp³-hybridized carbons (Fsp3) is 0.167. The van der Waals surface area contributed by atoms with Gasteiger partial charge in [-0.25, -0.2) is 4.79 Å². The van der Waals surface area contributed by atoms with E-state index in [1.165, 1.54) is 4.68 Å². The number of aromatic nitrogens is 4. The molecule has 0 bridgehead atoms. The Hall–Kier alpha value is -2.91. The van der Waals surface area contributed by atoms with Gasteiger partial charge in [-0.3, -0.25) is 5.43 Å². The van der Waals surface area contributed by atoms with Crippen LogP contribution in [0, 0.1) is 6.92 Å². The number of para-hydroxylation sites is 1. The number of benzene rings is 2. The first-order valence-corrected chi connectivity index (χ1v) is 9.56. The normalized spacial score (nSPS) is 11.3. The largest absolute Gasteiger partial charge is 0.461 e. The number of aryl methyl sites for hydroxylation is 1. The molecule has 2 aromatic carbocycles. The molecule has 1 aromatic heterocycles. The van der Waals surface area contributed by atoms with E-state index < -0.39 is 5.97 Å². The number of ether oxygens (including phenoxy) is 1. The third kappa shape index (κ3) is 4.87. The molecule has 8 nitrogen and oxygen atoms in total. The Morgan fingerprint density at radius 2 is 2.00 bits per heavy atom. The van der Waals surface area contributed by atoms with Crippen molar-refractivity contribution in [2.45, 2.75) is 19.0 Å². The molecule has 0 unspecified atom stereocenters. The zero-order chi connectivity index (χ0) is 19.9. The topological polar surface area (TPSA) is 94.3 Å². The molecule has 144 valence electrons. The number of anilines is 1. The molecule has 0 fully saturated rings. The van der Waals surface area contributed by atoms with Gasteiger partial charge in [0.2, 0.25) is 10.2 Å². The van der Waals surface area contributed by atoms with E-state index in [4.69, 9.17) is 16.3 Å². The first kappa shape index (κ1) is 19.8. The summed E-state index contributed by atoms with van der Waals surface area (Å²) in [6, 6.07) is 14.7. The summed E-state index contributed by atoms with van der Waals surface area (Å²) in [6.45, 7) is 3.93. The summed E-state index contributed by atoms with van der Waals surface area (Å²) in [4.78, 5) is 12.3. The highest BCUT2D eigenvalue weighted by atomic mass is 35.5. The Morgan fingerprint density at radius 1 is 1.25 bits per heavy atom. The van der Waals surface area contributed by atoms with Crippen LogP contribution in [0.1, 0.15) is 12.5 Å². The Morgan fingerprint density at radius 3 is 2.71 bits per heavy atom. The van der Waals surface area contributed by atoms with E-state index in [1.807, 2.05) is 31.2 Å². The Balaban J connectivity index is 1.87. The van der Waals surface area contributed by atoms with E-state index >= 15 is 0 Å². The average Bonchev–Trinajstić information content (AvgIpc) is 3.15. The van der Waals surface area contributed by atoms with E-state index in [0.29, 0.717) is 15.9 Å².